The maximum atomic E-state index is 13.1. The number of aryl methyl sites for hydroxylation is 2. The molecule has 0 aromatic heterocycles. The highest BCUT2D eigenvalue weighted by molar-refractivity contribution is 9.12. The van der Waals surface area contributed by atoms with E-state index in [1.807, 2.05) is 18.2 Å². The average Bonchev–Trinajstić information content (AvgIpc) is 3.03. The number of halogens is 2. The van der Waals surface area contributed by atoms with E-state index < -0.39 is 0 Å². The van der Waals surface area contributed by atoms with Crippen LogP contribution >= 0.6 is 31.9 Å². The van der Waals surface area contributed by atoms with Crippen molar-refractivity contribution in [1.82, 2.24) is 0 Å². The van der Waals surface area contributed by atoms with Gasteiger partial charge in [-0.05, 0) is 55.0 Å². The molecule has 4 rings (SSSR count). The molecule has 4 atom stereocenters. The Bertz CT molecular complexity index is 1020. The van der Waals surface area contributed by atoms with Crippen molar-refractivity contribution in [1.29, 1.82) is 0 Å². The fourth-order valence-corrected chi connectivity index (χ4v) is 5.96. The van der Waals surface area contributed by atoms with Gasteiger partial charge in [-0.3, -0.25) is 19.3 Å². The van der Waals surface area contributed by atoms with E-state index in [4.69, 9.17) is 0 Å². The van der Waals surface area contributed by atoms with Gasteiger partial charge in [0.2, 0.25) is 11.8 Å². The molecule has 32 heavy (non-hydrogen) atoms. The molecule has 0 spiro atoms. The highest BCUT2D eigenvalue weighted by Crippen LogP contribution is 2.44. The third kappa shape index (κ3) is 4.17. The average molecular weight is 562 g/mol. The van der Waals surface area contributed by atoms with E-state index in [1.54, 1.807) is 24.3 Å². The van der Waals surface area contributed by atoms with Crippen molar-refractivity contribution in [3.63, 3.8) is 0 Å². The van der Waals surface area contributed by atoms with Crippen molar-refractivity contribution in [2.45, 2.75) is 49.2 Å². The SMILES string of the molecule is CCc1cccc(CC)c1NC(=O)c1cccc(N2C(=O)[C@H]3C[C@H](Br)[C@@H](Br)C[C@H]3C2=O)c1. The Morgan fingerprint density at radius 2 is 1.47 bits per heavy atom. The molecule has 2 fully saturated rings. The molecule has 1 saturated heterocycles. The third-order valence-corrected chi connectivity index (χ3v) is 9.25. The molecule has 5 nitrogen and oxygen atoms in total. The molecule has 0 bridgehead atoms. The van der Waals surface area contributed by atoms with Crippen LogP contribution in [0.15, 0.2) is 42.5 Å². The lowest BCUT2D eigenvalue weighted by Gasteiger charge is -2.29. The van der Waals surface area contributed by atoms with Crippen LogP contribution in [0.4, 0.5) is 11.4 Å². The van der Waals surface area contributed by atoms with Gasteiger partial charge >= 0.3 is 0 Å². The zero-order chi connectivity index (χ0) is 23.0. The smallest absolute Gasteiger partial charge is 0.255 e. The second kappa shape index (κ2) is 9.48. The zero-order valence-electron chi connectivity index (χ0n) is 18.1. The maximum absolute atomic E-state index is 13.1. The molecular weight excluding hydrogens is 536 g/mol. The topological polar surface area (TPSA) is 66.5 Å². The van der Waals surface area contributed by atoms with Crippen molar-refractivity contribution in [3.05, 3.63) is 59.2 Å². The van der Waals surface area contributed by atoms with Crippen LogP contribution in [0.25, 0.3) is 0 Å². The normalized spacial score (nSPS) is 25.1. The van der Waals surface area contributed by atoms with Gasteiger partial charge in [0.05, 0.1) is 17.5 Å². The number of fused-ring (bicyclic) bond motifs is 1. The van der Waals surface area contributed by atoms with E-state index in [0.717, 1.165) is 29.7 Å². The Labute approximate surface area is 205 Å². The van der Waals surface area contributed by atoms with Gasteiger partial charge in [0.1, 0.15) is 0 Å². The van der Waals surface area contributed by atoms with Crippen LogP contribution in [0.1, 0.15) is 48.2 Å². The number of anilines is 2. The summed E-state index contributed by atoms with van der Waals surface area (Å²) < 4.78 is 0. The number of nitrogens with zero attached hydrogens (tertiary/aromatic N) is 1. The Morgan fingerprint density at radius 3 is 2.00 bits per heavy atom. The molecule has 1 aliphatic carbocycles. The lowest BCUT2D eigenvalue weighted by molar-refractivity contribution is -0.122. The number of hydrogen-bond donors (Lipinski definition) is 1. The van der Waals surface area contributed by atoms with Gasteiger partial charge in [-0.25, -0.2) is 0 Å². The number of amides is 3. The van der Waals surface area contributed by atoms with Crippen LogP contribution in [0.5, 0.6) is 0 Å². The van der Waals surface area contributed by atoms with E-state index in [1.165, 1.54) is 4.90 Å². The van der Waals surface area contributed by atoms with Gasteiger partial charge < -0.3 is 5.32 Å². The summed E-state index contributed by atoms with van der Waals surface area (Å²) in [6.07, 6.45) is 2.86. The fraction of sp³-hybridized carbons (Fsp3) is 0.400. The van der Waals surface area contributed by atoms with Crippen molar-refractivity contribution in [2.24, 2.45) is 11.8 Å². The van der Waals surface area contributed by atoms with Gasteiger partial charge in [0.25, 0.3) is 5.91 Å². The molecule has 3 amide bonds. The number of rotatable bonds is 5. The minimum atomic E-state index is -0.318. The molecule has 2 aromatic rings. The summed E-state index contributed by atoms with van der Waals surface area (Å²) in [5.41, 5.74) is 3.88. The van der Waals surface area contributed by atoms with E-state index in [0.29, 0.717) is 24.1 Å². The number of carbonyl (C=O) groups is 3. The first kappa shape index (κ1) is 23.2. The second-order valence-electron chi connectivity index (χ2n) is 8.39. The Kier molecular flexibility index (Phi) is 6.86. The zero-order valence-corrected chi connectivity index (χ0v) is 21.3. The molecule has 2 aliphatic rings. The summed E-state index contributed by atoms with van der Waals surface area (Å²) in [6.45, 7) is 4.12. The van der Waals surface area contributed by atoms with E-state index in [2.05, 4.69) is 51.0 Å². The number of alkyl halides is 2. The Balaban J connectivity index is 1.60. The molecule has 168 valence electrons. The van der Waals surface area contributed by atoms with Crippen LogP contribution in [0, 0.1) is 11.8 Å². The van der Waals surface area contributed by atoms with Crippen LogP contribution in [0.2, 0.25) is 0 Å². The van der Waals surface area contributed by atoms with Gasteiger partial charge in [-0.2, -0.15) is 0 Å². The quantitative estimate of drug-likeness (QED) is 0.388. The molecule has 1 heterocycles. The van der Waals surface area contributed by atoms with Gasteiger partial charge in [0, 0.05) is 20.9 Å². The molecule has 1 N–H and O–H groups in total. The van der Waals surface area contributed by atoms with Crippen molar-refractivity contribution in [2.75, 3.05) is 10.2 Å². The minimum Gasteiger partial charge on any atom is -0.321 e. The number of hydrogen-bond acceptors (Lipinski definition) is 3. The summed E-state index contributed by atoms with van der Waals surface area (Å²) >= 11 is 7.23. The Morgan fingerprint density at radius 1 is 0.938 bits per heavy atom. The lowest BCUT2D eigenvalue weighted by atomic mass is 9.81. The summed E-state index contributed by atoms with van der Waals surface area (Å²) in [5, 5.41) is 3.06. The van der Waals surface area contributed by atoms with Crippen LogP contribution in [-0.2, 0) is 22.4 Å². The largest absolute Gasteiger partial charge is 0.321 e. The lowest BCUT2D eigenvalue weighted by Crippen LogP contribution is -2.34. The first-order valence-corrected chi connectivity index (χ1v) is 12.9. The molecule has 1 saturated carbocycles. The number of para-hydroxylation sites is 1. The number of nitrogens with one attached hydrogen (secondary N) is 1. The third-order valence-electron chi connectivity index (χ3n) is 6.52. The molecule has 1 aliphatic heterocycles. The number of imide groups is 1. The molecule has 0 radical (unpaired) electrons. The summed E-state index contributed by atoms with van der Waals surface area (Å²) in [7, 11) is 0. The van der Waals surface area contributed by atoms with Crippen LogP contribution in [0.3, 0.4) is 0 Å². The van der Waals surface area contributed by atoms with Crippen molar-refractivity contribution < 1.29 is 14.4 Å². The summed E-state index contributed by atoms with van der Waals surface area (Å²) in [6, 6.07) is 12.8. The molecule has 2 aromatic carbocycles. The summed E-state index contributed by atoms with van der Waals surface area (Å²) in [5.74, 6) is -1.24. The predicted molar refractivity (Wildman–Crippen MR) is 134 cm³/mol. The molecular formula is C25H26Br2N2O3. The Hall–Kier alpha value is -1.99. The van der Waals surface area contributed by atoms with Crippen molar-refractivity contribution >= 4 is 61.0 Å². The van der Waals surface area contributed by atoms with Crippen LogP contribution < -0.4 is 10.2 Å². The standard InChI is InChI=1S/C25H26Br2N2O3/c1-3-14-7-5-8-15(4-2)22(14)28-23(30)16-9-6-10-17(11-16)29-24(31)18-12-20(26)21(27)13-19(18)25(29)32/h5-11,18-21H,3-4,12-13H2,1-2H3,(H,28,30)/t18-,19+,20-,21-/m0/s1. The first-order chi connectivity index (χ1) is 15.3. The van der Waals surface area contributed by atoms with E-state index >= 15 is 0 Å². The first-order valence-electron chi connectivity index (χ1n) is 11.0. The van der Waals surface area contributed by atoms with E-state index in [-0.39, 0.29) is 39.2 Å². The highest BCUT2D eigenvalue weighted by Gasteiger charge is 2.52. The molecule has 0 unspecified atom stereocenters. The number of carbonyl (C=O) groups excluding carboxylic acids is 3. The van der Waals surface area contributed by atoms with Gasteiger partial charge in [-0.15, -0.1) is 0 Å². The predicted octanol–water partition coefficient (Wildman–Crippen LogP) is 5.49. The summed E-state index contributed by atoms with van der Waals surface area (Å²) in [4.78, 5) is 40.9. The maximum Gasteiger partial charge on any atom is 0.255 e. The fourth-order valence-electron chi connectivity index (χ4n) is 4.72. The highest BCUT2D eigenvalue weighted by atomic mass is 79.9. The second-order valence-corrected chi connectivity index (χ2v) is 10.7. The van der Waals surface area contributed by atoms with Gasteiger partial charge in [-0.1, -0.05) is 70.0 Å². The minimum absolute atomic E-state index is 0.156. The monoisotopic (exact) mass is 560 g/mol. The number of benzene rings is 2. The molecule has 7 heteroatoms. The van der Waals surface area contributed by atoms with Crippen molar-refractivity contribution in [3.8, 4) is 0 Å². The van der Waals surface area contributed by atoms with Gasteiger partial charge in [0.15, 0.2) is 0 Å². The van der Waals surface area contributed by atoms with Crippen LogP contribution in [-0.4, -0.2) is 27.4 Å². The van der Waals surface area contributed by atoms with E-state index in [9.17, 15) is 14.4 Å².